The third-order valence-electron chi connectivity index (χ3n) is 2.21. The maximum atomic E-state index is 4.37. The molecule has 1 aromatic rings. The van der Waals surface area contributed by atoms with Gasteiger partial charge >= 0.3 is 0 Å². The Bertz CT molecular complexity index is 344. The molecule has 1 nitrogen and oxygen atoms in total. The summed E-state index contributed by atoms with van der Waals surface area (Å²) in [7, 11) is 0. The predicted molar refractivity (Wildman–Crippen MR) is 56.9 cm³/mol. The van der Waals surface area contributed by atoms with Crippen molar-refractivity contribution in [2.75, 3.05) is 0 Å². The van der Waals surface area contributed by atoms with Crippen LogP contribution in [0, 0.1) is 6.92 Å². The number of hydrogen-bond acceptors (Lipinski definition) is 1. The van der Waals surface area contributed by atoms with Gasteiger partial charge in [0.05, 0.1) is 5.70 Å². The van der Waals surface area contributed by atoms with Gasteiger partial charge in [0.2, 0.25) is 0 Å². The van der Waals surface area contributed by atoms with Gasteiger partial charge in [-0.25, -0.2) is 0 Å². The van der Waals surface area contributed by atoms with Gasteiger partial charge in [-0.1, -0.05) is 35.9 Å². The number of aliphatic imine (C=N–C) groups is 1. The zero-order valence-corrected chi connectivity index (χ0v) is 7.83. The van der Waals surface area contributed by atoms with Crippen LogP contribution in [-0.4, -0.2) is 6.21 Å². The van der Waals surface area contributed by atoms with Crippen molar-refractivity contribution in [3.05, 3.63) is 41.5 Å². The average molecular weight is 171 g/mol. The molecule has 0 amide bonds. The summed E-state index contributed by atoms with van der Waals surface area (Å²) in [6.07, 6.45) is 6.39. The van der Waals surface area contributed by atoms with Crippen LogP contribution in [0.25, 0.3) is 5.70 Å². The maximum absolute atomic E-state index is 4.37. The Morgan fingerprint density at radius 2 is 1.85 bits per heavy atom. The minimum absolute atomic E-state index is 1.08. The van der Waals surface area contributed by atoms with E-state index in [0.29, 0.717) is 0 Å². The fraction of sp³-hybridized carbons (Fsp3) is 0.250. The molecule has 0 unspecified atom stereocenters. The van der Waals surface area contributed by atoms with Gasteiger partial charge in [0.15, 0.2) is 0 Å². The molecule has 0 bridgehead atoms. The highest BCUT2D eigenvalue weighted by molar-refractivity contribution is 5.76. The lowest BCUT2D eigenvalue weighted by atomic mass is 10.1. The number of nitrogens with zero attached hydrogens (tertiary/aromatic N) is 1. The normalized spacial score (nSPS) is 15.6. The SMILES string of the molecule is Cc1ccc(C2=CCCC=N2)cc1. The molecule has 1 heterocycles. The molecule has 0 aliphatic carbocycles. The Morgan fingerprint density at radius 3 is 2.46 bits per heavy atom. The first-order chi connectivity index (χ1) is 6.36. The van der Waals surface area contributed by atoms with Crippen molar-refractivity contribution in [3.63, 3.8) is 0 Å². The minimum Gasteiger partial charge on any atom is -0.261 e. The van der Waals surface area contributed by atoms with E-state index < -0.39 is 0 Å². The van der Waals surface area contributed by atoms with Crippen molar-refractivity contribution in [1.29, 1.82) is 0 Å². The topological polar surface area (TPSA) is 12.4 Å². The van der Waals surface area contributed by atoms with E-state index in [1.54, 1.807) is 0 Å². The summed E-state index contributed by atoms with van der Waals surface area (Å²) in [4.78, 5) is 4.37. The van der Waals surface area contributed by atoms with Gasteiger partial charge in [-0.3, -0.25) is 4.99 Å². The first kappa shape index (κ1) is 8.24. The number of allylic oxidation sites excluding steroid dienone is 1. The van der Waals surface area contributed by atoms with Gasteiger partial charge in [0, 0.05) is 6.21 Å². The van der Waals surface area contributed by atoms with E-state index in [1.165, 1.54) is 11.1 Å². The summed E-state index contributed by atoms with van der Waals surface area (Å²) >= 11 is 0. The molecule has 0 fully saturated rings. The highest BCUT2D eigenvalue weighted by Gasteiger charge is 2.00. The summed E-state index contributed by atoms with van der Waals surface area (Å²) in [5.41, 5.74) is 3.64. The van der Waals surface area contributed by atoms with Crippen LogP contribution >= 0.6 is 0 Å². The second-order valence-corrected chi connectivity index (χ2v) is 3.34. The van der Waals surface area contributed by atoms with Crippen molar-refractivity contribution in [2.45, 2.75) is 19.8 Å². The minimum atomic E-state index is 1.08. The summed E-state index contributed by atoms with van der Waals surface area (Å²) in [6.45, 7) is 2.10. The average Bonchev–Trinajstić information content (AvgIpc) is 2.20. The van der Waals surface area contributed by atoms with Crippen LogP contribution in [0.1, 0.15) is 24.0 Å². The summed E-state index contributed by atoms with van der Waals surface area (Å²) < 4.78 is 0. The maximum Gasteiger partial charge on any atom is 0.0658 e. The monoisotopic (exact) mass is 171 g/mol. The van der Waals surface area contributed by atoms with Crippen LogP contribution in [0.15, 0.2) is 35.3 Å². The smallest absolute Gasteiger partial charge is 0.0658 e. The molecule has 0 saturated heterocycles. The summed E-state index contributed by atoms with van der Waals surface area (Å²) in [5, 5.41) is 0. The van der Waals surface area contributed by atoms with E-state index in [-0.39, 0.29) is 0 Å². The largest absolute Gasteiger partial charge is 0.261 e. The fourth-order valence-corrected chi connectivity index (χ4v) is 1.43. The predicted octanol–water partition coefficient (Wildman–Crippen LogP) is 3.20. The van der Waals surface area contributed by atoms with Gasteiger partial charge in [-0.2, -0.15) is 0 Å². The quantitative estimate of drug-likeness (QED) is 0.615. The highest BCUT2D eigenvalue weighted by Crippen LogP contribution is 2.19. The molecule has 0 aromatic heterocycles. The molecular formula is C12H13N. The summed E-state index contributed by atoms with van der Waals surface area (Å²) in [6, 6.07) is 8.51. The zero-order valence-electron chi connectivity index (χ0n) is 7.83. The van der Waals surface area contributed by atoms with Crippen LogP contribution in [0.2, 0.25) is 0 Å². The number of rotatable bonds is 1. The molecule has 2 rings (SSSR count). The molecule has 0 atom stereocenters. The van der Waals surface area contributed by atoms with Crippen LogP contribution in [-0.2, 0) is 0 Å². The molecular weight excluding hydrogens is 158 g/mol. The molecule has 0 spiro atoms. The van der Waals surface area contributed by atoms with E-state index >= 15 is 0 Å². The Balaban J connectivity index is 2.30. The van der Waals surface area contributed by atoms with Crippen molar-refractivity contribution in [2.24, 2.45) is 4.99 Å². The van der Waals surface area contributed by atoms with E-state index in [1.807, 2.05) is 6.21 Å². The van der Waals surface area contributed by atoms with Crippen molar-refractivity contribution in [1.82, 2.24) is 0 Å². The van der Waals surface area contributed by atoms with Crippen LogP contribution in [0.3, 0.4) is 0 Å². The van der Waals surface area contributed by atoms with Crippen molar-refractivity contribution >= 4 is 11.9 Å². The van der Waals surface area contributed by atoms with Crippen LogP contribution in [0.5, 0.6) is 0 Å². The van der Waals surface area contributed by atoms with Crippen molar-refractivity contribution in [3.8, 4) is 0 Å². The van der Waals surface area contributed by atoms with Gasteiger partial charge in [-0.15, -0.1) is 0 Å². The zero-order chi connectivity index (χ0) is 9.10. The molecule has 1 heteroatoms. The Morgan fingerprint density at radius 1 is 1.08 bits per heavy atom. The highest BCUT2D eigenvalue weighted by atomic mass is 14.7. The molecule has 0 saturated carbocycles. The third-order valence-corrected chi connectivity index (χ3v) is 2.21. The lowest BCUT2D eigenvalue weighted by Crippen LogP contribution is -1.88. The van der Waals surface area contributed by atoms with E-state index in [2.05, 4.69) is 42.3 Å². The molecule has 1 aliphatic heterocycles. The van der Waals surface area contributed by atoms with E-state index in [9.17, 15) is 0 Å². The molecule has 1 aliphatic rings. The van der Waals surface area contributed by atoms with Crippen LogP contribution in [0.4, 0.5) is 0 Å². The van der Waals surface area contributed by atoms with E-state index in [0.717, 1.165) is 18.5 Å². The van der Waals surface area contributed by atoms with Crippen molar-refractivity contribution < 1.29 is 0 Å². The number of benzene rings is 1. The van der Waals surface area contributed by atoms with Crippen LogP contribution < -0.4 is 0 Å². The first-order valence-electron chi connectivity index (χ1n) is 4.66. The standard InChI is InChI=1S/C12H13N/c1-10-5-7-11(8-6-10)12-4-2-3-9-13-12/h4-9H,2-3H2,1H3. The fourth-order valence-electron chi connectivity index (χ4n) is 1.43. The number of hydrogen-bond donors (Lipinski definition) is 0. The Hall–Kier alpha value is -1.37. The molecule has 66 valence electrons. The van der Waals surface area contributed by atoms with Gasteiger partial charge < -0.3 is 0 Å². The lowest BCUT2D eigenvalue weighted by Gasteiger charge is -2.06. The molecule has 0 radical (unpaired) electrons. The second kappa shape index (κ2) is 3.56. The van der Waals surface area contributed by atoms with E-state index in [4.69, 9.17) is 0 Å². The number of aryl methyl sites for hydroxylation is 1. The first-order valence-corrected chi connectivity index (χ1v) is 4.66. The van der Waals surface area contributed by atoms with Gasteiger partial charge in [0.25, 0.3) is 0 Å². The molecule has 0 N–H and O–H groups in total. The molecule has 13 heavy (non-hydrogen) atoms. The Labute approximate surface area is 78.8 Å². The Kier molecular flexibility index (Phi) is 2.26. The third kappa shape index (κ3) is 1.86. The van der Waals surface area contributed by atoms with Gasteiger partial charge in [-0.05, 0) is 25.3 Å². The molecule has 1 aromatic carbocycles. The van der Waals surface area contributed by atoms with Gasteiger partial charge in [0.1, 0.15) is 0 Å². The second-order valence-electron chi connectivity index (χ2n) is 3.34. The lowest BCUT2D eigenvalue weighted by molar-refractivity contribution is 1.09. The summed E-state index contributed by atoms with van der Waals surface area (Å²) in [5.74, 6) is 0.